The number of halogens is 3. The van der Waals surface area contributed by atoms with Crippen molar-refractivity contribution in [1.29, 1.82) is 0 Å². The van der Waals surface area contributed by atoms with Crippen LogP contribution < -0.4 is 5.32 Å². The van der Waals surface area contributed by atoms with Gasteiger partial charge in [-0.3, -0.25) is 4.79 Å². The van der Waals surface area contributed by atoms with Gasteiger partial charge in [0.1, 0.15) is 0 Å². The Labute approximate surface area is 123 Å². The number of benzene rings is 2. The monoisotopic (exact) mass is 308 g/mol. The summed E-state index contributed by atoms with van der Waals surface area (Å²) in [6.07, 6.45) is -3.20. The van der Waals surface area contributed by atoms with Gasteiger partial charge in [0.15, 0.2) is 0 Å². The van der Waals surface area contributed by atoms with E-state index in [9.17, 15) is 18.0 Å². The number of anilines is 1. The Morgan fingerprint density at radius 2 is 1.64 bits per heavy atom. The van der Waals surface area contributed by atoms with Crippen LogP contribution in [0.5, 0.6) is 0 Å². The van der Waals surface area contributed by atoms with Crippen LogP contribution >= 0.6 is 0 Å². The van der Waals surface area contributed by atoms with Crippen LogP contribution in [0.4, 0.5) is 18.9 Å². The molecule has 0 saturated heterocycles. The van der Waals surface area contributed by atoms with E-state index in [4.69, 9.17) is 5.21 Å². The van der Waals surface area contributed by atoms with Crippen LogP contribution in [0.25, 0.3) is 0 Å². The molecule has 4 nitrogen and oxygen atoms in total. The Balaban J connectivity index is 2.08. The van der Waals surface area contributed by atoms with Crippen LogP contribution in [0.1, 0.15) is 21.5 Å². The van der Waals surface area contributed by atoms with Crippen LogP contribution in [-0.2, 0) is 6.18 Å². The molecule has 0 aliphatic rings. The minimum Gasteiger partial charge on any atom is -0.411 e. The first kappa shape index (κ1) is 15.6. The molecule has 0 atom stereocenters. The molecular formula is C15H11F3N2O2. The topological polar surface area (TPSA) is 61.7 Å². The van der Waals surface area contributed by atoms with Crippen molar-refractivity contribution < 1.29 is 23.2 Å². The maximum Gasteiger partial charge on any atom is 0.416 e. The van der Waals surface area contributed by atoms with E-state index in [1.165, 1.54) is 30.5 Å². The average Bonchev–Trinajstić information content (AvgIpc) is 2.48. The molecule has 2 N–H and O–H groups in total. The molecule has 114 valence electrons. The molecule has 1 amide bonds. The number of hydrogen-bond acceptors (Lipinski definition) is 3. The van der Waals surface area contributed by atoms with Crippen molar-refractivity contribution in [1.82, 2.24) is 0 Å². The number of oxime groups is 1. The van der Waals surface area contributed by atoms with Crippen molar-refractivity contribution in [3.8, 4) is 0 Å². The Morgan fingerprint density at radius 1 is 1.05 bits per heavy atom. The summed E-state index contributed by atoms with van der Waals surface area (Å²) in [6, 6.07) is 10.3. The quantitative estimate of drug-likeness (QED) is 0.515. The molecule has 0 fully saturated rings. The second-order valence-corrected chi connectivity index (χ2v) is 4.40. The molecule has 2 aromatic rings. The smallest absolute Gasteiger partial charge is 0.411 e. The van der Waals surface area contributed by atoms with Gasteiger partial charge in [0.05, 0.1) is 11.8 Å². The number of nitrogens with one attached hydrogen (secondary N) is 1. The lowest BCUT2D eigenvalue weighted by atomic mass is 10.1. The second kappa shape index (κ2) is 6.30. The lowest BCUT2D eigenvalue weighted by Crippen LogP contribution is -2.12. The number of rotatable bonds is 3. The van der Waals surface area contributed by atoms with Crippen molar-refractivity contribution in [2.75, 3.05) is 5.32 Å². The number of nitrogens with zero attached hydrogens (tertiary/aromatic N) is 1. The first-order chi connectivity index (χ1) is 10.4. The Hall–Kier alpha value is -2.83. The van der Waals surface area contributed by atoms with Gasteiger partial charge in [-0.15, -0.1) is 0 Å². The summed E-state index contributed by atoms with van der Waals surface area (Å²) in [7, 11) is 0. The molecule has 0 spiro atoms. The van der Waals surface area contributed by atoms with Crippen molar-refractivity contribution in [2.24, 2.45) is 5.16 Å². The maximum atomic E-state index is 12.4. The van der Waals surface area contributed by atoms with E-state index < -0.39 is 17.6 Å². The first-order valence-corrected chi connectivity index (χ1v) is 6.16. The van der Waals surface area contributed by atoms with E-state index in [1.807, 2.05) is 0 Å². The molecule has 22 heavy (non-hydrogen) atoms. The van der Waals surface area contributed by atoms with Crippen LogP contribution in [-0.4, -0.2) is 17.3 Å². The fraction of sp³-hybridized carbons (Fsp3) is 0.0667. The second-order valence-electron chi connectivity index (χ2n) is 4.40. The van der Waals surface area contributed by atoms with E-state index in [-0.39, 0.29) is 5.69 Å². The van der Waals surface area contributed by atoms with Gasteiger partial charge in [-0.2, -0.15) is 13.2 Å². The standard InChI is InChI=1S/C15H11F3N2O2/c16-15(17,18)12-5-7-13(8-6-12)20-14(21)11-3-1-10(2-4-11)9-19-22/h1-9,22H,(H,20,21). The van der Waals surface area contributed by atoms with Gasteiger partial charge in [-0.25, -0.2) is 0 Å². The van der Waals surface area contributed by atoms with Crippen LogP contribution in [0.15, 0.2) is 53.7 Å². The van der Waals surface area contributed by atoms with Gasteiger partial charge in [0.2, 0.25) is 0 Å². The Kier molecular flexibility index (Phi) is 4.45. The van der Waals surface area contributed by atoms with Crippen LogP contribution in [0.3, 0.4) is 0 Å². The molecule has 7 heteroatoms. The van der Waals surface area contributed by atoms with Crippen molar-refractivity contribution >= 4 is 17.8 Å². The van der Waals surface area contributed by atoms with Gasteiger partial charge in [-0.05, 0) is 42.0 Å². The Bertz CT molecular complexity index is 677. The average molecular weight is 308 g/mol. The highest BCUT2D eigenvalue weighted by molar-refractivity contribution is 6.04. The highest BCUT2D eigenvalue weighted by atomic mass is 19.4. The number of carbonyl (C=O) groups excluding carboxylic acids is 1. The summed E-state index contributed by atoms with van der Waals surface area (Å²) in [5.74, 6) is -0.452. The molecule has 0 unspecified atom stereocenters. The van der Waals surface area contributed by atoms with Crippen LogP contribution in [0, 0.1) is 0 Å². The lowest BCUT2D eigenvalue weighted by Gasteiger charge is -2.09. The normalized spacial score (nSPS) is 11.6. The largest absolute Gasteiger partial charge is 0.416 e. The van der Waals surface area contributed by atoms with Gasteiger partial charge in [-0.1, -0.05) is 17.3 Å². The van der Waals surface area contributed by atoms with Crippen molar-refractivity contribution in [2.45, 2.75) is 6.18 Å². The number of alkyl halides is 3. The molecule has 2 aromatic carbocycles. The minimum absolute atomic E-state index is 0.263. The number of carbonyl (C=O) groups is 1. The molecule has 0 aliphatic heterocycles. The predicted molar refractivity (Wildman–Crippen MR) is 75.2 cm³/mol. The highest BCUT2D eigenvalue weighted by Gasteiger charge is 2.29. The summed E-state index contributed by atoms with van der Waals surface area (Å²) < 4.78 is 37.3. The predicted octanol–water partition coefficient (Wildman–Crippen LogP) is 3.77. The zero-order valence-electron chi connectivity index (χ0n) is 11.1. The first-order valence-electron chi connectivity index (χ1n) is 6.16. The van der Waals surface area contributed by atoms with Gasteiger partial charge in [0.25, 0.3) is 5.91 Å². The third-order valence-corrected chi connectivity index (χ3v) is 2.85. The fourth-order valence-corrected chi connectivity index (χ4v) is 1.73. The SMILES string of the molecule is O=C(Nc1ccc(C(F)(F)F)cc1)c1ccc(C=NO)cc1. The Morgan fingerprint density at radius 3 is 2.14 bits per heavy atom. The summed E-state index contributed by atoms with van der Waals surface area (Å²) in [5.41, 5.74) is 0.417. The number of hydrogen-bond donors (Lipinski definition) is 2. The molecular weight excluding hydrogens is 297 g/mol. The molecule has 0 heterocycles. The molecule has 0 aromatic heterocycles. The third-order valence-electron chi connectivity index (χ3n) is 2.85. The summed E-state index contributed by atoms with van der Waals surface area (Å²) in [5, 5.41) is 13.7. The van der Waals surface area contributed by atoms with Gasteiger partial charge in [0, 0.05) is 11.3 Å². The lowest BCUT2D eigenvalue weighted by molar-refractivity contribution is -0.137. The van der Waals surface area contributed by atoms with Gasteiger partial charge < -0.3 is 10.5 Å². The summed E-state index contributed by atoms with van der Waals surface area (Å²) >= 11 is 0. The van der Waals surface area contributed by atoms with Crippen molar-refractivity contribution in [3.63, 3.8) is 0 Å². The minimum atomic E-state index is -4.41. The van der Waals surface area contributed by atoms with E-state index in [2.05, 4.69) is 10.5 Å². The van der Waals surface area contributed by atoms with E-state index >= 15 is 0 Å². The fourth-order valence-electron chi connectivity index (χ4n) is 1.73. The molecule has 0 aliphatic carbocycles. The molecule has 0 radical (unpaired) electrons. The van der Waals surface area contributed by atoms with E-state index in [0.29, 0.717) is 11.1 Å². The third kappa shape index (κ3) is 3.85. The van der Waals surface area contributed by atoms with Crippen molar-refractivity contribution in [3.05, 3.63) is 65.2 Å². The summed E-state index contributed by atoms with van der Waals surface area (Å²) in [4.78, 5) is 11.9. The van der Waals surface area contributed by atoms with E-state index in [0.717, 1.165) is 12.1 Å². The molecule has 2 rings (SSSR count). The van der Waals surface area contributed by atoms with Gasteiger partial charge >= 0.3 is 6.18 Å². The summed E-state index contributed by atoms with van der Waals surface area (Å²) in [6.45, 7) is 0. The van der Waals surface area contributed by atoms with Crippen LogP contribution in [0.2, 0.25) is 0 Å². The molecule has 0 saturated carbocycles. The van der Waals surface area contributed by atoms with E-state index in [1.54, 1.807) is 12.1 Å². The number of amides is 1. The maximum absolute atomic E-state index is 12.4. The zero-order valence-corrected chi connectivity index (χ0v) is 11.1. The zero-order chi connectivity index (χ0) is 16.2. The highest BCUT2D eigenvalue weighted by Crippen LogP contribution is 2.29. The molecule has 0 bridgehead atoms.